The molecular weight excluding hydrogens is 299 g/mol. The largest absolute Gasteiger partial charge is 0.480 e. The van der Waals surface area contributed by atoms with Gasteiger partial charge in [0.2, 0.25) is 0 Å². The van der Waals surface area contributed by atoms with Gasteiger partial charge in [0.25, 0.3) is 0 Å². The highest BCUT2D eigenvalue weighted by molar-refractivity contribution is 6.33. The Kier molecular flexibility index (Phi) is 4.67. The lowest BCUT2D eigenvalue weighted by Crippen LogP contribution is -2.56. The molecule has 0 bridgehead atoms. The first kappa shape index (κ1) is 15.6. The van der Waals surface area contributed by atoms with Gasteiger partial charge >= 0.3 is 12.0 Å². The minimum absolute atomic E-state index is 0.0539. The molecule has 2 rings (SSSR count). The van der Waals surface area contributed by atoms with E-state index in [1.54, 1.807) is 0 Å². The fourth-order valence-electron chi connectivity index (χ4n) is 2.51. The molecule has 3 N–H and O–H groups in total. The second kappa shape index (κ2) is 6.30. The van der Waals surface area contributed by atoms with Gasteiger partial charge < -0.3 is 15.7 Å². The SMILES string of the molecule is O=C(Nc1ccc(F)cc1Cl)NC1(C(=O)O)CCCCC1. The van der Waals surface area contributed by atoms with E-state index in [4.69, 9.17) is 11.6 Å². The van der Waals surface area contributed by atoms with E-state index in [9.17, 15) is 19.1 Å². The van der Waals surface area contributed by atoms with Crippen molar-refractivity contribution in [3.63, 3.8) is 0 Å². The molecule has 0 atom stereocenters. The van der Waals surface area contributed by atoms with Gasteiger partial charge in [-0.2, -0.15) is 0 Å². The molecule has 1 aromatic carbocycles. The van der Waals surface area contributed by atoms with Crippen LogP contribution in [-0.4, -0.2) is 22.6 Å². The van der Waals surface area contributed by atoms with E-state index in [0.717, 1.165) is 31.4 Å². The van der Waals surface area contributed by atoms with Gasteiger partial charge in [-0.15, -0.1) is 0 Å². The van der Waals surface area contributed by atoms with Crippen molar-refractivity contribution >= 4 is 29.3 Å². The quantitative estimate of drug-likeness (QED) is 0.800. The van der Waals surface area contributed by atoms with Crippen LogP contribution in [0, 0.1) is 5.82 Å². The highest BCUT2D eigenvalue weighted by Crippen LogP contribution is 2.29. The van der Waals surface area contributed by atoms with E-state index in [0.29, 0.717) is 12.8 Å². The lowest BCUT2D eigenvalue weighted by molar-refractivity contribution is -0.145. The predicted molar refractivity (Wildman–Crippen MR) is 77.0 cm³/mol. The van der Waals surface area contributed by atoms with Crippen molar-refractivity contribution in [3.8, 4) is 0 Å². The molecule has 1 aromatic rings. The van der Waals surface area contributed by atoms with Crippen LogP contribution >= 0.6 is 11.6 Å². The molecule has 0 unspecified atom stereocenters. The first-order valence-corrected chi connectivity index (χ1v) is 7.08. The molecule has 21 heavy (non-hydrogen) atoms. The average Bonchev–Trinajstić information content (AvgIpc) is 2.43. The van der Waals surface area contributed by atoms with E-state index in [1.807, 2.05) is 0 Å². The number of hydrogen-bond donors (Lipinski definition) is 3. The first-order chi connectivity index (χ1) is 9.93. The topological polar surface area (TPSA) is 78.4 Å². The number of aliphatic carboxylic acids is 1. The Morgan fingerprint density at radius 1 is 1.24 bits per heavy atom. The maximum Gasteiger partial charge on any atom is 0.329 e. The van der Waals surface area contributed by atoms with Crippen molar-refractivity contribution in [2.45, 2.75) is 37.6 Å². The Hall–Kier alpha value is -1.82. The zero-order chi connectivity index (χ0) is 15.5. The third-order valence-corrected chi connectivity index (χ3v) is 3.96. The van der Waals surface area contributed by atoms with Crippen LogP contribution in [-0.2, 0) is 4.79 Å². The van der Waals surface area contributed by atoms with E-state index in [2.05, 4.69) is 10.6 Å². The van der Waals surface area contributed by atoms with Gasteiger partial charge in [0.1, 0.15) is 11.4 Å². The molecule has 1 fully saturated rings. The Balaban J connectivity index is 2.07. The standard InChI is InChI=1S/C14H16ClFN2O3/c15-10-8-9(16)4-5-11(10)17-13(21)18-14(12(19)20)6-2-1-3-7-14/h4-5,8H,1-3,6-7H2,(H,19,20)(H2,17,18,21). The van der Waals surface area contributed by atoms with Gasteiger partial charge in [-0.3, -0.25) is 0 Å². The fraction of sp³-hybridized carbons (Fsp3) is 0.429. The summed E-state index contributed by atoms with van der Waals surface area (Å²) in [6, 6.07) is 2.90. The Bertz CT molecular complexity index is 559. The molecule has 0 aromatic heterocycles. The summed E-state index contributed by atoms with van der Waals surface area (Å²) in [5.41, 5.74) is -1.01. The Morgan fingerprint density at radius 2 is 1.90 bits per heavy atom. The van der Waals surface area contributed by atoms with Crippen LogP contribution < -0.4 is 10.6 Å². The van der Waals surface area contributed by atoms with Crippen LogP contribution in [0.5, 0.6) is 0 Å². The van der Waals surface area contributed by atoms with Gasteiger partial charge in [-0.25, -0.2) is 14.0 Å². The number of halogens is 2. The molecular formula is C14H16ClFN2O3. The minimum Gasteiger partial charge on any atom is -0.480 e. The lowest BCUT2D eigenvalue weighted by Gasteiger charge is -2.33. The summed E-state index contributed by atoms with van der Waals surface area (Å²) in [6.07, 6.45) is 3.26. The van der Waals surface area contributed by atoms with Gasteiger partial charge in [0.15, 0.2) is 0 Å². The van der Waals surface area contributed by atoms with Crippen LogP contribution in [0.3, 0.4) is 0 Å². The molecule has 1 aliphatic carbocycles. The van der Waals surface area contributed by atoms with Crippen molar-refractivity contribution in [2.24, 2.45) is 0 Å². The van der Waals surface area contributed by atoms with E-state index in [1.165, 1.54) is 6.07 Å². The van der Waals surface area contributed by atoms with Gasteiger partial charge in [-0.05, 0) is 31.0 Å². The minimum atomic E-state index is -1.24. The van der Waals surface area contributed by atoms with Gasteiger partial charge in [0, 0.05) is 0 Å². The third-order valence-electron chi connectivity index (χ3n) is 3.65. The van der Waals surface area contributed by atoms with Crippen molar-refractivity contribution in [2.75, 3.05) is 5.32 Å². The van der Waals surface area contributed by atoms with Crippen LogP contribution in [0.4, 0.5) is 14.9 Å². The number of carboxylic acid groups (broad SMARTS) is 1. The average molecular weight is 315 g/mol. The number of carboxylic acids is 1. The number of nitrogens with one attached hydrogen (secondary N) is 2. The van der Waals surface area contributed by atoms with Crippen LogP contribution in [0.1, 0.15) is 32.1 Å². The zero-order valence-corrected chi connectivity index (χ0v) is 12.0. The number of hydrogen-bond acceptors (Lipinski definition) is 2. The summed E-state index contributed by atoms with van der Waals surface area (Å²) in [5, 5.41) is 14.4. The summed E-state index contributed by atoms with van der Waals surface area (Å²) >= 11 is 5.81. The highest BCUT2D eigenvalue weighted by atomic mass is 35.5. The smallest absolute Gasteiger partial charge is 0.329 e. The number of rotatable bonds is 3. The van der Waals surface area contributed by atoms with Crippen molar-refractivity contribution in [3.05, 3.63) is 29.0 Å². The molecule has 7 heteroatoms. The van der Waals surface area contributed by atoms with E-state index < -0.39 is 23.4 Å². The maximum absolute atomic E-state index is 12.9. The summed E-state index contributed by atoms with van der Waals surface area (Å²) in [7, 11) is 0. The first-order valence-electron chi connectivity index (χ1n) is 6.70. The summed E-state index contributed by atoms with van der Waals surface area (Å²) in [4.78, 5) is 23.4. The summed E-state index contributed by atoms with van der Waals surface area (Å²) in [6.45, 7) is 0. The van der Waals surface area contributed by atoms with Crippen molar-refractivity contribution in [1.29, 1.82) is 0 Å². The lowest BCUT2D eigenvalue weighted by atomic mass is 9.82. The monoisotopic (exact) mass is 314 g/mol. The Morgan fingerprint density at radius 3 is 2.48 bits per heavy atom. The maximum atomic E-state index is 12.9. The molecule has 0 aliphatic heterocycles. The van der Waals surface area contributed by atoms with Crippen molar-refractivity contribution in [1.82, 2.24) is 5.32 Å². The number of amides is 2. The number of urea groups is 1. The van der Waals surface area contributed by atoms with Crippen LogP contribution in [0.25, 0.3) is 0 Å². The van der Waals surface area contributed by atoms with E-state index in [-0.39, 0.29) is 10.7 Å². The normalized spacial score (nSPS) is 17.0. The zero-order valence-electron chi connectivity index (χ0n) is 11.3. The molecule has 0 radical (unpaired) electrons. The molecule has 2 amide bonds. The summed E-state index contributed by atoms with van der Waals surface area (Å²) in [5.74, 6) is -1.55. The number of carbonyl (C=O) groups excluding carboxylic acids is 1. The number of benzene rings is 1. The van der Waals surface area contributed by atoms with Crippen LogP contribution in [0.2, 0.25) is 5.02 Å². The number of carbonyl (C=O) groups is 2. The van der Waals surface area contributed by atoms with E-state index >= 15 is 0 Å². The molecule has 1 saturated carbocycles. The second-order valence-corrected chi connectivity index (χ2v) is 5.56. The van der Waals surface area contributed by atoms with Gasteiger partial charge in [0.05, 0.1) is 10.7 Å². The third kappa shape index (κ3) is 3.64. The van der Waals surface area contributed by atoms with Crippen LogP contribution in [0.15, 0.2) is 18.2 Å². The molecule has 5 nitrogen and oxygen atoms in total. The highest BCUT2D eigenvalue weighted by Gasteiger charge is 2.41. The molecule has 0 heterocycles. The molecule has 0 spiro atoms. The Labute approximate surface area is 126 Å². The molecule has 1 aliphatic rings. The van der Waals surface area contributed by atoms with Gasteiger partial charge in [-0.1, -0.05) is 30.9 Å². The molecule has 114 valence electrons. The second-order valence-electron chi connectivity index (χ2n) is 5.15. The number of anilines is 1. The fourth-order valence-corrected chi connectivity index (χ4v) is 2.72. The predicted octanol–water partition coefficient (Wildman–Crippen LogP) is 3.39. The molecule has 0 saturated heterocycles. The summed E-state index contributed by atoms with van der Waals surface area (Å²) < 4.78 is 12.9. The van der Waals surface area contributed by atoms with Crippen molar-refractivity contribution < 1.29 is 19.1 Å².